The van der Waals surface area contributed by atoms with E-state index in [0.717, 1.165) is 5.75 Å². The summed E-state index contributed by atoms with van der Waals surface area (Å²) in [6.45, 7) is 0. The highest BCUT2D eigenvalue weighted by Crippen LogP contribution is 2.22. The smallest absolute Gasteiger partial charge is 0.211 e. The Balaban J connectivity index is 1.84. The normalized spacial score (nSPS) is 10.7. The molecule has 2 rings (SSSR count). The van der Waals surface area contributed by atoms with Crippen LogP contribution in [0.1, 0.15) is 11.1 Å². The second-order valence-electron chi connectivity index (χ2n) is 4.45. The van der Waals surface area contributed by atoms with Gasteiger partial charge in [-0.05, 0) is 23.3 Å². The second-order valence-corrected chi connectivity index (χ2v) is 5.49. The van der Waals surface area contributed by atoms with Crippen molar-refractivity contribution in [1.82, 2.24) is 0 Å². The van der Waals surface area contributed by atoms with Crippen LogP contribution in [0.25, 0.3) is 0 Å². The first-order valence-corrected chi connectivity index (χ1v) is 7.58. The molecule has 0 amide bonds. The molecule has 0 unspecified atom stereocenters. The summed E-state index contributed by atoms with van der Waals surface area (Å²) in [5.74, 6) is 0.950. The van der Waals surface area contributed by atoms with Gasteiger partial charge in [-0.3, -0.25) is 0 Å². The van der Waals surface area contributed by atoms with E-state index in [1.807, 2.05) is 17.8 Å². The van der Waals surface area contributed by atoms with Crippen LogP contribution in [0.15, 0.2) is 69.7 Å². The Kier molecular flexibility index (Phi) is 5.84. The van der Waals surface area contributed by atoms with Crippen LogP contribution in [-0.2, 0) is 12.2 Å². The molecule has 0 spiro atoms. The fraction of sp³-hybridized carbons (Fsp3) is 0.125. The van der Waals surface area contributed by atoms with Crippen molar-refractivity contribution in [3.63, 3.8) is 0 Å². The molecule has 0 fully saturated rings. The molecule has 21 heavy (non-hydrogen) atoms. The minimum Gasteiger partial charge on any atom is -0.369 e. The van der Waals surface area contributed by atoms with Gasteiger partial charge in [0, 0.05) is 23.3 Å². The molecule has 2 aromatic rings. The standard InChI is InChI=1S/C16H18N4S/c17-16(18)20-19-11-10-13-6-8-15(9-7-13)21-12-14-4-2-1-3-5-14/h1-9,11H,10,12H2,(H4,17,18,20). The minimum atomic E-state index is -0.0288. The van der Waals surface area contributed by atoms with Crippen molar-refractivity contribution >= 4 is 23.9 Å². The topological polar surface area (TPSA) is 76.8 Å². The van der Waals surface area contributed by atoms with Gasteiger partial charge < -0.3 is 11.5 Å². The Bertz CT molecular complexity index is 602. The minimum absolute atomic E-state index is 0.0288. The van der Waals surface area contributed by atoms with E-state index in [0.29, 0.717) is 6.42 Å². The molecule has 0 aliphatic carbocycles. The van der Waals surface area contributed by atoms with Crippen LogP contribution >= 0.6 is 11.8 Å². The van der Waals surface area contributed by atoms with Crippen LogP contribution in [0.4, 0.5) is 0 Å². The zero-order valence-corrected chi connectivity index (χ0v) is 12.5. The van der Waals surface area contributed by atoms with Crippen molar-refractivity contribution in [3.05, 3.63) is 65.7 Å². The van der Waals surface area contributed by atoms with E-state index in [-0.39, 0.29) is 5.96 Å². The monoisotopic (exact) mass is 298 g/mol. The van der Waals surface area contributed by atoms with Gasteiger partial charge in [-0.1, -0.05) is 42.5 Å². The van der Waals surface area contributed by atoms with Crippen LogP contribution in [0.2, 0.25) is 0 Å². The lowest BCUT2D eigenvalue weighted by molar-refractivity contribution is 1.19. The van der Waals surface area contributed by atoms with E-state index >= 15 is 0 Å². The molecule has 5 heteroatoms. The van der Waals surface area contributed by atoms with Crippen molar-refractivity contribution in [3.8, 4) is 0 Å². The lowest BCUT2D eigenvalue weighted by Gasteiger charge is -2.03. The van der Waals surface area contributed by atoms with Crippen LogP contribution in [0.5, 0.6) is 0 Å². The summed E-state index contributed by atoms with van der Waals surface area (Å²) in [4.78, 5) is 1.25. The molecule has 0 saturated heterocycles. The summed E-state index contributed by atoms with van der Waals surface area (Å²) in [5.41, 5.74) is 12.9. The molecule has 0 aromatic heterocycles. The highest BCUT2D eigenvalue weighted by atomic mass is 32.2. The summed E-state index contributed by atoms with van der Waals surface area (Å²) in [5, 5.41) is 7.33. The number of rotatable bonds is 6. The fourth-order valence-electron chi connectivity index (χ4n) is 1.72. The summed E-state index contributed by atoms with van der Waals surface area (Å²) < 4.78 is 0. The molecule has 0 radical (unpaired) electrons. The molecule has 0 saturated carbocycles. The number of thioether (sulfide) groups is 1. The Morgan fingerprint density at radius 2 is 1.67 bits per heavy atom. The quantitative estimate of drug-likeness (QED) is 0.372. The van der Waals surface area contributed by atoms with E-state index < -0.39 is 0 Å². The van der Waals surface area contributed by atoms with Gasteiger partial charge >= 0.3 is 0 Å². The van der Waals surface area contributed by atoms with Gasteiger partial charge in [-0.2, -0.15) is 5.10 Å². The first-order valence-electron chi connectivity index (χ1n) is 6.60. The average Bonchev–Trinajstić information content (AvgIpc) is 2.51. The number of guanidine groups is 1. The van der Waals surface area contributed by atoms with Gasteiger partial charge in [0.05, 0.1) is 0 Å². The van der Waals surface area contributed by atoms with Crippen LogP contribution in [0.3, 0.4) is 0 Å². The Morgan fingerprint density at radius 3 is 2.33 bits per heavy atom. The van der Waals surface area contributed by atoms with E-state index in [9.17, 15) is 0 Å². The fourth-order valence-corrected chi connectivity index (χ4v) is 2.57. The maximum Gasteiger partial charge on any atom is 0.211 e. The predicted octanol–water partition coefficient (Wildman–Crippen LogP) is 2.78. The van der Waals surface area contributed by atoms with Crippen LogP contribution in [-0.4, -0.2) is 12.2 Å². The maximum atomic E-state index is 5.18. The lowest BCUT2D eigenvalue weighted by atomic mass is 10.2. The largest absolute Gasteiger partial charge is 0.369 e. The zero-order valence-electron chi connectivity index (χ0n) is 11.6. The second kappa shape index (κ2) is 8.11. The molecule has 108 valence electrons. The molecule has 0 bridgehead atoms. The third-order valence-corrected chi connectivity index (χ3v) is 3.84. The number of benzene rings is 2. The van der Waals surface area contributed by atoms with Crippen LogP contribution in [0, 0.1) is 0 Å². The first kappa shape index (κ1) is 15.1. The van der Waals surface area contributed by atoms with E-state index in [2.05, 4.69) is 58.7 Å². The number of nitrogens with zero attached hydrogens (tertiary/aromatic N) is 2. The Morgan fingerprint density at radius 1 is 0.952 bits per heavy atom. The van der Waals surface area contributed by atoms with Crippen molar-refractivity contribution in [1.29, 1.82) is 0 Å². The molecule has 0 aliphatic heterocycles. The molecule has 2 aromatic carbocycles. The van der Waals surface area contributed by atoms with Crippen molar-refractivity contribution in [2.75, 3.05) is 0 Å². The third kappa shape index (κ3) is 5.71. The van der Waals surface area contributed by atoms with Crippen molar-refractivity contribution in [2.45, 2.75) is 17.1 Å². The number of hydrogen-bond acceptors (Lipinski definition) is 3. The molecule has 0 atom stereocenters. The molecular weight excluding hydrogens is 280 g/mol. The van der Waals surface area contributed by atoms with Crippen LogP contribution < -0.4 is 11.5 Å². The SMILES string of the molecule is NC(N)=NN=CCc1ccc(SCc2ccccc2)cc1. The summed E-state index contributed by atoms with van der Waals surface area (Å²) >= 11 is 1.83. The summed E-state index contributed by atoms with van der Waals surface area (Å²) in [7, 11) is 0. The zero-order chi connectivity index (χ0) is 14.9. The average molecular weight is 298 g/mol. The maximum absolute atomic E-state index is 5.18. The Hall–Kier alpha value is -2.27. The third-order valence-electron chi connectivity index (χ3n) is 2.75. The molecule has 4 nitrogen and oxygen atoms in total. The highest BCUT2D eigenvalue weighted by molar-refractivity contribution is 7.98. The molecule has 4 N–H and O–H groups in total. The molecule has 0 aliphatic rings. The van der Waals surface area contributed by atoms with Crippen molar-refractivity contribution in [2.24, 2.45) is 21.7 Å². The Labute approximate surface area is 129 Å². The van der Waals surface area contributed by atoms with Gasteiger partial charge in [0.15, 0.2) is 0 Å². The first-order chi connectivity index (χ1) is 10.2. The van der Waals surface area contributed by atoms with E-state index in [1.54, 1.807) is 6.21 Å². The summed E-state index contributed by atoms with van der Waals surface area (Å²) in [6, 6.07) is 18.9. The van der Waals surface area contributed by atoms with Gasteiger partial charge in [-0.25, -0.2) is 0 Å². The molecular formula is C16H18N4S. The molecule has 0 heterocycles. The van der Waals surface area contributed by atoms with Gasteiger partial charge in [0.1, 0.15) is 0 Å². The summed E-state index contributed by atoms with van der Waals surface area (Å²) in [6.07, 6.45) is 2.40. The van der Waals surface area contributed by atoms with E-state index in [1.165, 1.54) is 16.0 Å². The van der Waals surface area contributed by atoms with Crippen molar-refractivity contribution < 1.29 is 0 Å². The lowest BCUT2D eigenvalue weighted by Crippen LogP contribution is -2.21. The van der Waals surface area contributed by atoms with Gasteiger partial charge in [0.25, 0.3) is 0 Å². The van der Waals surface area contributed by atoms with Gasteiger partial charge in [-0.15, -0.1) is 16.9 Å². The number of hydrogen-bond donors (Lipinski definition) is 2. The van der Waals surface area contributed by atoms with E-state index in [4.69, 9.17) is 11.5 Å². The number of nitrogens with two attached hydrogens (primary N) is 2. The van der Waals surface area contributed by atoms with Gasteiger partial charge in [0.2, 0.25) is 5.96 Å². The highest BCUT2D eigenvalue weighted by Gasteiger charge is 1.96. The predicted molar refractivity (Wildman–Crippen MR) is 90.5 cm³/mol.